The number of aliphatic carboxylic acids is 1. The molecule has 110 valence electrons. The molecule has 8 heteroatoms. The summed E-state index contributed by atoms with van der Waals surface area (Å²) in [6.07, 6.45) is -0.126. The number of aromatic nitrogens is 1. The second-order valence-corrected chi connectivity index (χ2v) is 6.21. The van der Waals surface area contributed by atoms with Crippen LogP contribution in [-0.2, 0) is 17.0 Å². The van der Waals surface area contributed by atoms with E-state index in [1.165, 1.54) is 35.2 Å². The first-order valence-corrected chi connectivity index (χ1v) is 7.69. The molecule has 1 amide bonds. The number of amides is 1. The van der Waals surface area contributed by atoms with Gasteiger partial charge in [-0.2, -0.15) is 0 Å². The zero-order valence-electron chi connectivity index (χ0n) is 10.7. The van der Waals surface area contributed by atoms with Crippen LogP contribution in [0.15, 0.2) is 27.9 Å². The molecule has 0 aliphatic carbocycles. The number of carboxylic acid groups (broad SMARTS) is 1. The fraction of sp³-hybridized carbons (Fsp3) is 0.154. The zero-order valence-corrected chi connectivity index (χ0v) is 12.3. The first kappa shape index (κ1) is 15.5. The summed E-state index contributed by atoms with van der Waals surface area (Å²) in [5.74, 6) is -1.78. The van der Waals surface area contributed by atoms with Crippen LogP contribution < -0.4 is 5.73 Å². The van der Waals surface area contributed by atoms with Crippen molar-refractivity contribution in [2.45, 2.75) is 16.5 Å². The third kappa shape index (κ3) is 4.27. The highest BCUT2D eigenvalue weighted by molar-refractivity contribution is 8.00. The largest absolute Gasteiger partial charge is 0.481 e. The van der Waals surface area contributed by atoms with E-state index in [0.717, 1.165) is 6.07 Å². The fourth-order valence-electron chi connectivity index (χ4n) is 1.55. The summed E-state index contributed by atoms with van der Waals surface area (Å²) in [6, 6.07) is 4.09. The molecule has 3 N–H and O–H groups in total. The van der Waals surface area contributed by atoms with Gasteiger partial charge in [-0.05, 0) is 17.7 Å². The lowest BCUT2D eigenvalue weighted by Gasteiger charge is -2.03. The van der Waals surface area contributed by atoms with Gasteiger partial charge in [0.25, 0.3) is 0 Å². The Morgan fingerprint density at radius 1 is 1.43 bits per heavy atom. The van der Waals surface area contributed by atoms with Gasteiger partial charge in [0.1, 0.15) is 10.2 Å². The second-order valence-electron chi connectivity index (χ2n) is 4.13. The lowest BCUT2D eigenvalue weighted by atomic mass is 10.1. The maximum Gasteiger partial charge on any atom is 0.309 e. The average molecular weight is 326 g/mol. The summed E-state index contributed by atoms with van der Waals surface area (Å²) < 4.78 is 14.4. The Balaban J connectivity index is 2.01. The number of rotatable bonds is 6. The minimum absolute atomic E-state index is 0.124. The van der Waals surface area contributed by atoms with Gasteiger partial charge in [-0.3, -0.25) is 9.59 Å². The van der Waals surface area contributed by atoms with Gasteiger partial charge in [0.2, 0.25) is 5.91 Å². The summed E-state index contributed by atoms with van der Waals surface area (Å²) in [5, 5.41) is 10.3. The number of carbonyl (C=O) groups excluding carboxylic acids is 1. The smallest absolute Gasteiger partial charge is 0.309 e. The molecule has 0 saturated carbocycles. The molecule has 2 rings (SSSR count). The van der Waals surface area contributed by atoms with Gasteiger partial charge in [0.05, 0.1) is 12.1 Å². The lowest BCUT2D eigenvalue weighted by molar-refractivity contribution is -0.136. The number of benzene rings is 1. The number of primary amides is 1. The Labute approximate surface area is 128 Å². The van der Waals surface area contributed by atoms with Crippen LogP contribution in [0.3, 0.4) is 0 Å². The molecule has 0 bridgehead atoms. The van der Waals surface area contributed by atoms with Gasteiger partial charge in [-0.15, -0.1) is 11.3 Å². The van der Waals surface area contributed by atoms with Crippen LogP contribution >= 0.6 is 23.1 Å². The Morgan fingerprint density at radius 2 is 2.19 bits per heavy atom. The van der Waals surface area contributed by atoms with Crippen molar-refractivity contribution in [1.29, 1.82) is 0 Å². The molecule has 0 radical (unpaired) electrons. The molecule has 0 aliphatic rings. The maximum absolute atomic E-state index is 13.8. The topological polar surface area (TPSA) is 93.3 Å². The SMILES string of the molecule is NC(=O)c1ccc(CSc2nc(CC(=O)O)cs2)c(F)c1. The highest BCUT2D eigenvalue weighted by Gasteiger charge is 2.10. The van der Waals surface area contributed by atoms with Crippen molar-refractivity contribution in [3.63, 3.8) is 0 Å². The molecule has 1 aromatic carbocycles. The summed E-state index contributed by atoms with van der Waals surface area (Å²) >= 11 is 2.62. The number of hydrogen-bond acceptors (Lipinski definition) is 5. The first-order chi connectivity index (χ1) is 9.95. The molecule has 0 spiro atoms. The summed E-state index contributed by atoms with van der Waals surface area (Å²) in [7, 11) is 0. The number of halogens is 1. The van der Waals surface area contributed by atoms with Crippen LogP contribution in [0, 0.1) is 5.82 Å². The van der Waals surface area contributed by atoms with E-state index in [0.29, 0.717) is 21.3 Å². The Bertz CT molecular complexity index is 688. The lowest BCUT2D eigenvalue weighted by Crippen LogP contribution is -2.11. The van der Waals surface area contributed by atoms with Crippen molar-refractivity contribution in [2.75, 3.05) is 0 Å². The molecule has 5 nitrogen and oxygen atoms in total. The van der Waals surface area contributed by atoms with Crippen molar-refractivity contribution in [2.24, 2.45) is 5.73 Å². The normalized spacial score (nSPS) is 10.5. The number of thioether (sulfide) groups is 1. The highest BCUT2D eigenvalue weighted by atomic mass is 32.2. The number of thiazole rings is 1. The summed E-state index contributed by atoms with van der Waals surface area (Å²) in [5.41, 5.74) is 6.11. The van der Waals surface area contributed by atoms with Crippen molar-refractivity contribution >= 4 is 35.0 Å². The molecule has 21 heavy (non-hydrogen) atoms. The van der Waals surface area contributed by atoms with E-state index in [-0.39, 0.29) is 12.0 Å². The maximum atomic E-state index is 13.8. The number of carboxylic acids is 1. The Morgan fingerprint density at radius 3 is 2.81 bits per heavy atom. The summed E-state index contributed by atoms with van der Waals surface area (Å²) in [6.45, 7) is 0. The van der Waals surface area contributed by atoms with E-state index in [1.54, 1.807) is 5.38 Å². The molecule has 0 fully saturated rings. The number of hydrogen-bond donors (Lipinski definition) is 2. The molecule has 0 atom stereocenters. The van der Waals surface area contributed by atoms with E-state index in [1.807, 2.05) is 0 Å². The minimum Gasteiger partial charge on any atom is -0.481 e. The van der Waals surface area contributed by atoms with Crippen molar-refractivity contribution < 1.29 is 19.1 Å². The Hall–Kier alpha value is -1.93. The van der Waals surface area contributed by atoms with Crippen LogP contribution in [0.2, 0.25) is 0 Å². The average Bonchev–Trinajstić information content (AvgIpc) is 2.83. The van der Waals surface area contributed by atoms with E-state index >= 15 is 0 Å². The standard InChI is InChI=1S/C13H11FN2O3S2/c14-10-3-7(12(15)19)1-2-8(10)5-20-13-16-9(6-21-13)4-11(17)18/h1-3,6H,4-5H2,(H2,15,19)(H,17,18). The number of nitrogens with two attached hydrogens (primary N) is 1. The number of nitrogens with zero attached hydrogens (tertiary/aromatic N) is 1. The van der Waals surface area contributed by atoms with Crippen LogP contribution in [0.5, 0.6) is 0 Å². The quantitative estimate of drug-likeness (QED) is 0.795. The van der Waals surface area contributed by atoms with E-state index in [9.17, 15) is 14.0 Å². The van der Waals surface area contributed by atoms with Crippen molar-refractivity contribution in [3.05, 3.63) is 46.2 Å². The molecular formula is C13H11FN2O3S2. The van der Waals surface area contributed by atoms with Crippen molar-refractivity contribution in [1.82, 2.24) is 4.98 Å². The zero-order chi connectivity index (χ0) is 15.4. The molecular weight excluding hydrogens is 315 g/mol. The van der Waals surface area contributed by atoms with Gasteiger partial charge >= 0.3 is 5.97 Å². The third-order valence-corrected chi connectivity index (χ3v) is 4.67. The monoisotopic (exact) mass is 326 g/mol. The van der Waals surface area contributed by atoms with E-state index in [4.69, 9.17) is 10.8 Å². The predicted molar refractivity (Wildman–Crippen MR) is 77.9 cm³/mol. The molecule has 1 aromatic heterocycles. The van der Waals surface area contributed by atoms with Crippen LogP contribution in [0.25, 0.3) is 0 Å². The predicted octanol–water partition coefficient (Wildman–Crippen LogP) is 2.30. The van der Waals surface area contributed by atoms with Gasteiger partial charge in [0.15, 0.2) is 0 Å². The molecule has 0 aliphatic heterocycles. The molecule has 0 saturated heterocycles. The summed E-state index contributed by atoms with van der Waals surface area (Å²) in [4.78, 5) is 25.6. The molecule has 0 unspecified atom stereocenters. The van der Waals surface area contributed by atoms with Crippen molar-refractivity contribution in [3.8, 4) is 0 Å². The Kier molecular flexibility index (Phi) is 4.92. The van der Waals surface area contributed by atoms with Gasteiger partial charge in [-0.25, -0.2) is 9.37 Å². The number of carbonyl (C=O) groups is 2. The van der Waals surface area contributed by atoms with Gasteiger partial charge < -0.3 is 10.8 Å². The van der Waals surface area contributed by atoms with E-state index in [2.05, 4.69) is 4.98 Å². The van der Waals surface area contributed by atoms with Crippen LogP contribution in [0.4, 0.5) is 4.39 Å². The van der Waals surface area contributed by atoms with Crippen LogP contribution in [-0.4, -0.2) is 22.0 Å². The fourth-order valence-corrected chi connectivity index (χ4v) is 3.38. The van der Waals surface area contributed by atoms with Crippen LogP contribution in [0.1, 0.15) is 21.6 Å². The van der Waals surface area contributed by atoms with Gasteiger partial charge in [0, 0.05) is 16.7 Å². The minimum atomic E-state index is -0.940. The molecule has 1 heterocycles. The molecule has 2 aromatic rings. The first-order valence-electron chi connectivity index (χ1n) is 5.83. The second kappa shape index (κ2) is 6.68. The van der Waals surface area contributed by atoms with E-state index < -0.39 is 17.7 Å². The van der Waals surface area contributed by atoms with Gasteiger partial charge in [-0.1, -0.05) is 17.8 Å². The third-order valence-electron chi connectivity index (χ3n) is 2.55. The highest BCUT2D eigenvalue weighted by Crippen LogP contribution is 2.27.